The van der Waals surface area contributed by atoms with Crippen molar-refractivity contribution in [3.05, 3.63) is 22.4 Å². The Morgan fingerprint density at radius 2 is 2.31 bits per heavy atom. The van der Waals surface area contributed by atoms with Crippen LogP contribution < -0.4 is 0 Å². The van der Waals surface area contributed by atoms with Gasteiger partial charge in [0.2, 0.25) is 0 Å². The van der Waals surface area contributed by atoms with Crippen LogP contribution in [0.4, 0.5) is 0 Å². The molecule has 3 heteroatoms. The maximum absolute atomic E-state index is 11.9. The third-order valence-electron chi connectivity index (χ3n) is 2.52. The molecule has 0 fully saturated rings. The van der Waals surface area contributed by atoms with E-state index in [1.165, 1.54) is 5.56 Å². The fourth-order valence-electron chi connectivity index (χ4n) is 1.66. The molecule has 0 aliphatic heterocycles. The maximum atomic E-state index is 11.9. The smallest absolute Gasteiger partial charge is 0.161 e. The average Bonchev–Trinajstić information content (AvgIpc) is 2.78. The lowest BCUT2D eigenvalue weighted by Crippen LogP contribution is -2.24. The van der Waals surface area contributed by atoms with Gasteiger partial charge in [0.1, 0.15) is 6.10 Å². The quantitative estimate of drug-likeness (QED) is 0.695. The summed E-state index contributed by atoms with van der Waals surface area (Å²) in [4.78, 5) is 11.9. The van der Waals surface area contributed by atoms with Crippen LogP contribution in [0.15, 0.2) is 16.8 Å². The Morgan fingerprint density at radius 1 is 1.50 bits per heavy atom. The Balaban J connectivity index is 2.36. The number of carbonyl (C=O) groups is 1. The van der Waals surface area contributed by atoms with E-state index in [1.807, 2.05) is 12.3 Å². The summed E-state index contributed by atoms with van der Waals surface area (Å²) in [7, 11) is 0. The van der Waals surface area contributed by atoms with Gasteiger partial charge >= 0.3 is 0 Å². The van der Waals surface area contributed by atoms with Gasteiger partial charge in [-0.25, -0.2) is 0 Å². The maximum Gasteiger partial charge on any atom is 0.161 e. The molecule has 0 saturated heterocycles. The number of hydrogen-bond acceptors (Lipinski definition) is 3. The molecule has 0 N–H and O–H groups in total. The fraction of sp³-hybridized carbons (Fsp3) is 0.615. The first kappa shape index (κ1) is 13.4. The van der Waals surface area contributed by atoms with Gasteiger partial charge in [-0.3, -0.25) is 4.79 Å². The Bertz CT molecular complexity index is 287. The standard InChI is InChI=1S/C13H20O2S/c1-3-5-13(15-4-2)12(14)7-6-11-8-9-16-10-11/h8-10,13H,3-7H2,1-2H3. The molecule has 1 aromatic rings. The van der Waals surface area contributed by atoms with E-state index in [1.54, 1.807) is 11.3 Å². The molecule has 0 amide bonds. The lowest BCUT2D eigenvalue weighted by molar-refractivity contribution is -0.130. The molecule has 0 aliphatic rings. The monoisotopic (exact) mass is 240 g/mol. The van der Waals surface area contributed by atoms with E-state index in [0.29, 0.717) is 13.0 Å². The SMILES string of the molecule is CCCC(OCC)C(=O)CCc1ccsc1. The highest BCUT2D eigenvalue weighted by Gasteiger charge is 2.16. The zero-order chi connectivity index (χ0) is 11.8. The van der Waals surface area contributed by atoms with Crippen LogP contribution in [0.25, 0.3) is 0 Å². The molecule has 0 bridgehead atoms. The Hall–Kier alpha value is -0.670. The van der Waals surface area contributed by atoms with Crippen LogP contribution in [0, 0.1) is 0 Å². The first-order valence-electron chi connectivity index (χ1n) is 5.93. The number of thiophene rings is 1. The molecule has 1 heterocycles. The fourth-order valence-corrected chi connectivity index (χ4v) is 2.37. The first-order valence-corrected chi connectivity index (χ1v) is 6.87. The van der Waals surface area contributed by atoms with Crippen molar-refractivity contribution < 1.29 is 9.53 Å². The zero-order valence-electron chi connectivity index (χ0n) is 10.1. The van der Waals surface area contributed by atoms with Gasteiger partial charge < -0.3 is 4.74 Å². The van der Waals surface area contributed by atoms with Gasteiger partial charge in [0, 0.05) is 13.0 Å². The van der Waals surface area contributed by atoms with E-state index in [-0.39, 0.29) is 11.9 Å². The van der Waals surface area contributed by atoms with Crippen molar-refractivity contribution in [2.75, 3.05) is 6.61 Å². The molecule has 0 spiro atoms. The summed E-state index contributed by atoms with van der Waals surface area (Å²) < 4.78 is 5.47. The summed E-state index contributed by atoms with van der Waals surface area (Å²) >= 11 is 1.68. The van der Waals surface area contributed by atoms with Crippen LogP contribution in [-0.4, -0.2) is 18.5 Å². The molecular weight excluding hydrogens is 220 g/mol. The minimum atomic E-state index is -0.186. The molecule has 1 rings (SSSR count). The predicted molar refractivity (Wildman–Crippen MR) is 68.0 cm³/mol. The topological polar surface area (TPSA) is 26.3 Å². The van der Waals surface area contributed by atoms with Gasteiger partial charge in [0.05, 0.1) is 0 Å². The molecule has 0 radical (unpaired) electrons. The third-order valence-corrected chi connectivity index (χ3v) is 3.25. The van der Waals surface area contributed by atoms with Crippen molar-refractivity contribution in [3.63, 3.8) is 0 Å². The molecule has 1 atom stereocenters. The molecule has 1 aromatic heterocycles. The summed E-state index contributed by atoms with van der Waals surface area (Å²) in [6.07, 6.45) is 3.09. The van der Waals surface area contributed by atoms with Crippen molar-refractivity contribution in [1.82, 2.24) is 0 Å². The van der Waals surface area contributed by atoms with Gasteiger partial charge in [0.25, 0.3) is 0 Å². The minimum absolute atomic E-state index is 0.186. The summed E-state index contributed by atoms with van der Waals surface area (Å²) in [5.74, 6) is 0.245. The summed E-state index contributed by atoms with van der Waals surface area (Å²) in [6, 6.07) is 2.08. The number of ether oxygens (including phenoxy) is 1. The van der Waals surface area contributed by atoms with E-state index in [2.05, 4.69) is 18.4 Å². The molecule has 2 nitrogen and oxygen atoms in total. The molecular formula is C13H20O2S. The van der Waals surface area contributed by atoms with E-state index in [9.17, 15) is 4.79 Å². The first-order chi connectivity index (χ1) is 7.77. The van der Waals surface area contributed by atoms with Crippen molar-refractivity contribution in [2.24, 2.45) is 0 Å². The normalized spacial score (nSPS) is 12.6. The van der Waals surface area contributed by atoms with Gasteiger partial charge in [-0.05, 0) is 42.2 Å². The van der Waals surface area contributed by atoms with E-state index >= 15 is 0 Å². The van der Waals surface area contributed by atoms with Crippen LogP contribution in [0.3, 0.4) is 0 Å². The van der Waals surface area contributed by atoms with Gasteiger partial charge in [0.15, 0.2) is 5.78 Å². The van der Waals surface area contributed by atoms with Crippen molar-refractivity contribution in [2.45, 2.75) is 45.6 Å². The van der Waals surface area contributed by atoms with Crippen LogP contribution in [0.1, 0.15) is 38.7 Å². The van der Waals surface area contributed by atoms with Crippen molar-refractivity contribution in [3.8, 4) is 0 Å². The third kappa shape index (κ3) is 4.45. The van der Waals surface area contributed by atoms with E-state index in [4.69, 9.17) is 4.74 Å². The Labute approximate surface area is 102 Å². The van der Waals surface area contributed by atoms with Crippen molar-refractivity contribution >= 4 is 17.1 Å². The highest BCUT2D eigenvalue weighted by molar-refractivity contribution is 7.07. The highest BCUT2D eigenvalue weighted by atomic mass is 32.1. The van der Waals surface area contributed by atoms with Crippen molar-refractivity contribution in [1.29, 1.82) is 0 Å². The Kier molecular flexibility index (Phi) is 6.34. The zero-order valence-corrected chi connectivity index (χ0v) is 10.9. The summed E-state index contributed by atoms with van der Waals surface area (Å²) in [6.45, 7) is 4.64. The number of hydrogen-bond donors (Lipinski definition) is 0. The largest absolute Gasteiger partial charge is 0.371 e. The highest BCUT2D eigenvalue weighted by Crippen LogP contribution is 2.12. The number of Topliss-reactive ketones (excluding diaryl/α,β-unsaturated/α-hetero) is 1. The minimum Gasteiger partial charge on any atom is -0.371 e. The second-order valence-electron chi connectivity index (χ2n) is 3.83. The van der Waals surface area contributed by atoms with Crippen LogP contribution in [-0.2, 0) is 16.0 Å². The lowest BCUT2D eigenvalue weighted by atomic mass is 10.0. The average molecular weight is 240 g/mol. The number of rotatable bonds is 8. The molecule has 16 heavy (non-hydrogen) atoms. The van der Waals surface area contributed by atoms with Crippen LogP contribution in [0.2, 0.25) is 0 Å². The molecule has 0 aromatic carbocycles. The van der Waals surface area contributed by atoms with E-state index in [0.717, 1.165) is 19.3 Å². The summed E-state index contributed by atoms with van der Waals surface area (Å²) in [5, 5.41) is 4.15. The molecule has 0 aliphatic carbocycles. The van der Waals surface area contributed by atoms with Gasteiger partial charge in [-0.15, -0.1) is 0 Å². The molecule has 90 valence electrons. The van der Waals surface area contributed by atoms with Crippen LogP contribution in [0.5, 0.6) is 0 Å². The molecule has 1 unspecified atom stereocenters. The number of aryl methyl sites for hydroxylation is 1. The van der Waals surface area contributed by atoms with Gasteiger partial charge in [-0.2, -0.15) is 11.3 Å². The predicted octanol–water partition coefficient (Wildman–Crippen LogP) is 3.46. The summed E-state index contributed by atoms with van der Waals surface area (Å²) in [5.41, 5.74) is 1.25. The van der Waals surface area contributed by atoms with Crippen LogP contribution >= 0.6 is 11.3 Å². The second-order valence-corrected chi connectivity index (χ2v) is 4.61. The number of carbonyl (C=O) groups excluding carboxylic acids is 1. The second kappa shape index (κ2) is 7.58. The van der Waals surface area contributed by atoms with Gasteiger partial charge in [-0.1, -0.05) is 13.3 Å². The van der Waals surface area contributed by atoms with E-state index < -0.39 is 0 Å². The number of ketones is 1. The lowest BCUT2D eigenvalue weighted by Gasteiger charge is -2.14. The molecule has 0 saturated carbocycles. The Morgan fingerprint density at radius 3 is 2.88 bits per heavy atom.